The lowest BCUT2D eigenvalue weighted by Crippen LogP contribution is -2.40. The molecule has 1 aromatic heterocycles. The van der Waals surface area contributed by atoms with Crippen LogP contribution in [0.3, 0.4) is 0 Å². The van der Waals surface area contributed by atoms with E-state index in [9.17, 15) is 18.0 Å². The number of carbonyl (C=O) groups excluding carboxylic acids is 1. The van der Waals surface area contributed by atoms with E-state index in [1.54, 1.807) is 7.05 Å². The Morgan fingerprint density at radius 3 is 2.58 bits per heavy atom. The van der Waals surface area contributed by atoms with E-state index in [2.05, 4.69) is 21.0 Å². The van der Waals surface area contributed by atoms with Gasteiger partial charge in [0.1, 0.15) is 12.2 Å². The summed E-state index contributed by atoms with van der Waals surface area (Å²) in [6.07, 6.45) is -3.79. The SMILES string of the molecule is CCc1cc(C(=O)N(CCBr)CC(F)(F)F)n(C)n1. The molecular weight excluding hydrogens is 327 g/mol. The fourth-order valence-electron chi connectivity index (χ4n) is 1.63. The zero-order valence-corrected chi connectivity index (χ0v) is 12.3. The van der Waals surface area contributed by atoms with Crippen molar-refractivity contribution in [2.45, 2.75) is 19.5 Å². The minimum absolute atomic E-state index is 0.00895. The number of alkyl halides is 4. The third-order valence-electron chi connectivity index (χ3n) is 2.52. The zero-order chi connectivity index (χ0) is 14.6. The van der Waals surface area contributed by atoms with Crippen LogP contribution in [-0.4, -0.2) is 45.2 Å². The third-order valence-corrected chi connectivity index (χ3v) is 2.88. The Bertz CT molecular complexity index is 445. The summed E-state index contributed by atoms with van der Waals surface area (Å²) < 4.78 is 38.7. The lowest BCUT2D eigenvalue weighted by molar-refractivity contribution is -0.140. The van der Waals surface area contributed by atoms with Crippen LogP contribution in [-0.2, 0) is 13.5 Å². The van der Waals surface area contributed by atoms with Gasteiger partial charge < -0.3 is 4.90 Å². The first kappa shape index (κ1) is 16.0. The number of rotatable bonds is 5. The Kier molecular flexibility index (Phi) is 5.39. The molecule has 0 spiro atoms. The van der Waals surface area contributed by atoms with E-state index in [1.807, 2.05) is 6.92 Å². The highest BCUT2D eigenvalue weighted by Crippen LogP contribution is 2.18. The first-order valence-corrected chi connectivity index (χ1v) is 6.85. The number of aryl methyl sites for hydroxylation is 2. The van der Waals surface area contributed by atoms with Gasteiger partial charge in [0.15, 0.2) is 0 Å². The molecule has 1 aromatic rings. The van der Waals surface area contributed by atoms with Gasteiger partial charge in [-0.2, -0.15) is 18.3 Å². The second kappa shape index (κ2) is 6.40. The molecule has 0 saturated heterocycles. The molecule has 108 valence electrons. The monoisotopic (exact) mass is 341 g/mol. The predicted octanol–water partition coefficient (Wildman–Crippen LogP) is 2.38. The number of aromatic nitrogens is 2. The number of amides is 1. The fraction of sp³-hybridized carbons (Fsp3) is 0.636. The number of halogens is 4. The minimum Gasteiger partial charge on any atom is -0.327 e. The summed E-state index contributed by atoms with van der Waals surface area (Å²) in [5, 5.41) is 4.35. The standard InChI is InChI=1S/C11H15BrF3N3O/c1-3-8-6-9(17(2)16-8)10(19)18(5-4-12)7-11(13,14)15/h6H,3-5,7H2,1-2H3. The van der Waals surface area contributed by atoms with Crippen LogP contribution in [0.15, 0.2) is 6.07 Å². The fourth-order valence-corrected chi connectivity index (χ4v) is 2.06. The molecule has 1 amide bonds. The van der Waals surface area contributed by atoms with Gasteiger partial charge in [-0.3, -0.25) is 9.48 Å². The molecule has 0 aliphatic heterocycles. The molecule has 1 heterocycles. The van der Waals surface area contributed by atoms with Gasteiger partial charge in [-0.05, 0) is 12.5 Å². The van der Waals surface area contributed by atoms with Crippen LogP contribution in [0.5, 0.6) is 0 Å². The smallest absolute Gasteiger partial charge is 0.327 e. The topological polar surface area (TPSA) is 38.1 Å². The second-order valence-corrected chi connectivity index (χ2v) is 4.82. The molecule has 0 aliphatic rings. The van der Waals surface area contributed by atoms with Crippen molar-refractivity contribution < 1.29 is 18.0 Å². The number of carbonyl (C=O) groups is 1. The Hall–Kier alpha value is -1.05. The van der Waals surface area contributed by atoms with Crippen molar-refractivity contribution in [2.24, 2.45) is 7.05 Å². The predicted molar refractivity (Wildman–Crippen MR) is 68.3 cm³/mol. The normalized spacial score (nSPS) is 11.7. The molecule has 8 heteroatoms. The van der Waals surface area contributed by atoms with E-state index in [1.165, 1.54) is 10.7 Å². The quantitative estimate of drug-likeness (QED) is 0.771. The summed E-state index contributed by atoms with van der Waals surface area (Å²) in [5.74, 6) is -0.661. The van der Waals surface area contributed by atoms with Gasteiger partial charge in [-0.25, -0.2) is 0 Å². The van der Waals surface area contributed by atoms with Crippen LogP contribution in [0.4, 0.5) is 13.2 Å². The highest BCUT2D eigenvalue weighted by Gasteiger charge is 2.33. The first-order valence-electron chi connectivity index (χ1n) is 5.73. The summed E-state index contributed by atoms with van der Waals surface area (Å²) in [6.45, 7) is 0.595. The molecule has 19 heavy (non-hydrogen) atoms. The van der Waals surface area contributed by atoms with Crippen molar-refractivity contribution in [1.82, 2.24) is 14.7 Å². The van der Waals surface area contributed by atoms with Crippen LogP contribution in [0.25, 0.3) is 0 Å². The van der Waals surface area contributed by atoms with Gasteiger partial charge in [-0.1, -0.05) is 22.9 Å². The molecule has 0 aromatic carbocycles. The maximum atomic E-state index is 12.4. The molecule has 4 nitrogen and oxygen atoms in total. The van der Waals surface area contributed by atoms with E-state index in [-0.39, 0.29) is 17.6 Å². The third kappa shape index (κ3) is 4.52. The van der Waals surface area contributed by atoms with Crippen molar-refractivity contribution in [1.29, 1.82) is 0 Å². The van der Waals surface area contributed by atoms with Gasteiger partial charge in [0.25, 0.3) is 5.91 Å². The maximum Gasteiger partial charge on any atom is 0.406 e. The number of hydrogen-bond acceptors (Lipinski definition) is 2. The number of hydrogen-bond donors (Lipinski definition) is 0. The van der Waals surface area contributed by atoms with Crippen molar-refractivity contribution >= 4 is 21.8 Å². The zero-order valence-electron chi connectivity index (χ0n) is 10.7. The Balaban J connectivity index is 2.95. The Labute approximate surface area is 117 Å². The maximum absolute atomic E-state index is 12.4. The molecular formula is C11H15BrF3N3O. The van der Waals surface area contributed by atoms with Gasteiger partial charge >= 0.3 is 6.18 Å². The lowest BCUT2D eigenvalue weighted by atomic mass is 10.3. The summed E-state index contributed by atoms with van der Waals surface area (Å²) in [4.78, 5) is 12.9. The molecule has 1 rings (SSSR count). The summed E-state index contributed by atoms with van der Waals surface area (Å²) >= 11 is 3.05. The molecule has 0 aliphatic carbocycles. The van der Waals surface area contributed by atoms with Gasteiger partial charge in [0.05, 0.1) is 5.69 Å². The summed E-state index contributed by atoms with van der Waals surface area (Å²) in [7, 11) is 1.55. The Morgan fingerprint density at radius 2 is 2.16 bits per heavy atom. The van der Waals surface area contributed by atoms with E-state index in [4.69, 9.17) is 0 Å². The largest absolute Gasteiger partial charge is 0.406 e. The van der Waals surface area contributed by atoms with Gasteiger partial charge in [-0.15, -0.1) is 0 Å². The second-order valence-electron chi connectivity index (χ2n) is 4.03. The van der Waals surface area contributed by atoms with Crippen molar-refractivity contribution in [3.05, 3.63) is 17.5 Å². The Morgan fingerprint density at radius 1 is 1.53 bits per heavy atom. The highest BCUT2D eigenvalue weighted by molar-refractivity contribution is 9.09. The number of nitrogens with zero attached hydrogens (tertiary/aromatic N) is 3. The molecule has 0 unspecified atom stereocenters. The molecule has 0 atom stereocenters. The average molecular weight is 342 g/mol. The molecule has 0 saturated carbocycles. The first-order chi connectivity index (χ1) is 8.78. The minimum atomic E-state index is -4.41. The molecule has 0 radical (unpaired) electrons. The van der Waals surface area contributed by atoms with Crippen molar-refractivity contribution in [3.8, 4) is 0 Å². The van der Waals surface area contributed by atoms with Crippen LogP contribution in [0, 0.1) is 0 Å². The average Bonchev–Trinajstić information content (AvgIpc) is 2.67. The summed E-state index contributed by atoms with van der Waals surface area (Å²) in [5.41, 5.74) is 0.846. The van der Waals surface area contributed by atoms with E-state index in [0.29, 0.717) is 12.1 Å². The highest BCUT2D eigenvalue weighted by atomic mass is 79.9. The van der Waals surface area contributed by atoms with Crippen molar-refractivity contribution in [3.63, 3.8) is 0 Å². The van der Waals surface area contributed by atoms with E-state index >= 15 is 0 Å². The van der Waals surface area contributed by atoms with Crippen LogP contribution in [0.1, 0.15) is 23.1 Å². The van der Waals surface area contributed by atoms with Crippen molar-refractivity contribution in [2.75, 3.05) is 18.4 Å². The molecule has 0 bridgehead atoms. The molecule has 0 fully saturated rings. The molecule has 0 N–H and O–H groups in total. The summed E-state index contributed by atoms with van der Waals surface area (Å²) in [6, 6.07) is 1.53. The van der Waals surface area contributed by atoms with Gasteiger partial charge in [0, 0.05) is 18.9 Å². The van der Waals surface area contributed by atoms with Crippen LogP contribution < -0.4 is 0 Å². The van der Waals surface area contributed by atoms with E-state index < -0.39 is 18.6 Å². The van der Waals surface area contributed by atoms with Crippen LogP contribution >= 0.6 is 15.9 Å². The lowest BCUT2D eigenvalue weighted by Gasteiger charge is -2.22. The van der Waals surface area contributed by atoms with Gasteiger partial charge in [0.2, 0.25) is 0 Å². The van der Waals surface area contributed by atoms with E-state index in [0.717, 1.165) is 4.90 Å². The van der Waals surface area contributed by atoms with Crippen LogP contribution in [0.2, 0.25) is 0 Å².